The summed E-state index contributed by atoms with van der Waals surface area (Å²) in [6, 6.07) is 3.72. The van der Waals surface area contributed by atoms with E-state index in [0.29, 0.717) is 11.1 Å². The number of anilines is 1. The number of nitrogens with zero attached hydrogens (tertiary/aromatic N) is 4. The summed E-state index contributed by atoms with van der Waals surface area (Å²) in [5.41, 5.74) is 0.932. The van der Waals surface area contributed by atoms with Crippen molar-refractivity contribution in [3.05, 3.63) is 30.2 Å². The average Bonchev–Trinajstić information content (AvgIpc) is 2.37. The van der Waals surface area contributed by atoms with Gasteiger partial charge in [0.2, 0.25) is 5.95 Å². The Morgan fingerprint density at radius 2 is 2.00 bits per heavy atom. The smallest absolute Gasteiger partial charge is 0.223 e. The summed E-state index contributed by atoms with van der Waals surface area (Å²) >= 11 is 1.44. The van der Waals surface area contributed by atoms with E-state index in [0.717, 1.165) is 23.7 Å². The number of aromatic nitrogens is 4. The topological polar surface area (TPSA) is 63.6 Å². The van der Waals surface area contributed by atoms with Crippen molar-refractivity contribution < 1.29 is 0 Å². The molecule has 5 nitrogen and oxygen atoms in total. The fourth-order valence-corrected chi connectivity index (χ4v) is 2.12. The Morgan fingerprint density at radius 1 is 1.22 bits per heavy atom. The van der Waals surface area contributed by atoms with Crippen LogP contribution < -0.4 is 5.32 Å². The highest BCUT2D eigenvalue weighted by atomic mass is 32.2. The highest BCUT2D eigenvalue weighted by Gasteiger charge is 2.05. The van der Waals surface area contributed by atoms with E-state index in [-0.39, 0.29) is 0 Å². The molecule has 0 bridgehead atoms. The third-order valence-electron chi connectivity index (χ3n) is 2.10. The molecule has 2 heterocycles. The number of hydrogen-bond donors (Lipinski definition) is 1. The van der Waals surface area contributed by atoms with Gasteiger partial charge in [-0.05, 0) is 37.2 Å². The molecule has 0 aliphatic rings. The van der Waals surface area contributed by atoms with Gasteiger partial charge in [-0.3, -0.25) is 0 Å². The summed E-state index contributed by atoms with van der Waals surface area (Å²) < 4.78 is 0. The van der Waals surface area contributed by atoms with Crippen LogP contribution in [-0.4, -0.2) is 26.5 Å². The Labute approximate surface area is 110 Å². The van der Waals surface area contributed by atoms with E-state index in [2.05, 4.69) is 32.2 Å². The highest BCUT2D eigenvalue weighted by molar-refractivity contribution is 7.99. The lowest BCUT2D eigenvalue weighted by Crippen LogP contribution is -2.05. The molecule has 94 valence electrons. The van der Waals surface area contributed by atoms with Crippen LogP contribution in [0, 0.1) is 6.92 Å². The fourth-order valence-electron chi connectivity index (χ4n) is 1.34. The van der Waals surface area contributed by atoms with Crippen molar-refractivity contribution in [1.82, 2.24) is 19.9 Å². The SMILES string of the molecule is CCCNc1nc(C)cc(Sc2ncccn2)n1. The van der Waals surface area contributed by atoms with Crippen LogP contribution in [0.2, 0.25) is 0 Å². The number of aryl methyl sites for hydroxylation is 1. The standard InChI is InChI=1S/C12H15N5S/c1-3-5-13-11-16-9(2)8-10(17-11)18-12-14-6-4-7-15-12/h4,6-8H,3,5H2,1-2H3,(H,13,16,17). The van der Waals surface area contributed by atoms with Gasteiger partial charge in [0.25, 0.3) is 0 Å². The van der Waals surface area contributed by atoms with Crippen molar-refractivity contribution in [2.24, 2.45) is 0 Å². The Bertz CT molecular complexity index is 503. The molecule has 0 fully saturated rings. The first-order chi connectivity index (χ1) is 8.78. The van der Waals surface area contributed by atoms with Crippen LogP contribution in [0.4, 0.5) is 5.95 Å². The largest absolute Gasteiger partial charge is 0.354 e. The highest BCUT2D eigenvalue weighted by Crippen LogP contribution is 2.23. The van der Waals surface area contributed by atoms with E-state index >= 15 is 0 Å². The molecule has 2 rings (SSSR count). The first-order valence-corrected chi connectivity index (χ1v) is 6.64. The van der Waals surface area contributed by atoms with Crippen molar-refractivity contribution in [3.8, 4) is 0 Å². The molecule has 0 amide bonds. The quantitative estimate of drug-likeness (QED) is 0.659. The fraction of sp³-hybridized carbons (Fsp3) is 0.333. The zero-order valence-corrected chi connectivity index (χ0v) is 11.2. The Kier molecular flexibility index (Phi) is 4.46. The maximum Gasteiger partial charge on any atom is 0.223 e. The van der Waals surface area contributed by atoms with E-state index in [1.807, 2.05) is 13.0 Å². The lowest BCUT2D eigenvalue weighted by atomic mass is 10.4. The van der Waals surface area contributed by atoms with Gasteiger partial charge < -0.3 is 5.32 Å². The molecule has 0 atom stereocenters. The summed E-state index contributed by atoms with van der Waals surface area (Å²) in [6.45, 7) is 4.93. The van der Waals surface area contributed by atoms with E-state index < -0.39 is 0 Å². The molecule has 18 heavy (non-hydrogen) atoms. The second-order valence-electron chi connectivity index (χ2n) is 3.73. The van der Waals surface area contributed by atoms with Crippen molar-refractivity contribution in [2.45, 2.75) is 30.5 Å². The minimum atomic E-state index is 0.662. The maximum absolute atomic E-state index is 4.43. The first kappa shape index (κ1) is 12.8. The van der Waals surface area contributed by atoms with Crippen LogP contribution in [0.1, 0.15) is 19.0 Å². The molecule has 0 aromatic carbocycles. The Hall–Kier alpha value is -1.69. The number of rotatable bonds is 5. The van der Waals surface area contributed by atoms with E-state index in [4.69, 9.17) is 0 Å². The molecule has 0 aliphatic carbocycles. The summed E-state index contributed by atoms with van der Waals surface area (Å²) in [4.78, 5) is 17.1. The first-order valence-electron chi connectivity index (χ1n) is 5.82. The minimum Gasteiger partial charge on any atom is -0.354 e. The van der Waals surface area contributed by atoms with Crippen LogP contribution in [0.5, 0.6) is 0 Å². The molecule has 6 heteroatoms. The van der Waals surface area contributed by atoms with E-state index in [1.54, 1.807) is 18.5 Å². The lowest BCUT2D eigenvalue weighted by Gasteiger charge is -2.06. The van der Waals surface area contributed by atoms with Crippen molar-refractivity contribution >= 4 is 17.7 Å². The minimum absolute atomic E-state index is 0.662. The predicted octanol–water partition coefficient (Wildman–Crippen LogP) is 2.55. The van der Waals surface area contributed by atoms with Crippen LogP contribution in [0.15, 0.2) is 34.7 Å². The van der Waals surface area contributed by atoms with E-state index in [9.17, 15) is 0 Å². The number of nitrogens with one attached hydrogen (secondary N) is 1. The normalized spacial score (nSPS) is 10.3. The summed E-state index contributed by atoms with van der Waals surface area (Å²) in [5, 5.41) is 4.73. The third-order valence-corrected chi connectivity index (χ3v) is 2.91. The summed E-state index contributed by atoms with van der Waals surface area (Å²) in [6.07, 6.45) is 4.49. The van der Waals surface area contributed by atoms with Gasteiger partial charge in [0.1, 0.15) is 5.03 Å². The molecule has 2 aromatic heterocycles. The predicted molar refractivity (Wildman–Crippen MR) is 71.7 cm³/mol. The van der Waals surface area contributed by atoms with Crippen LogP contribution in [0.25, 0.3) is 0 Å². The van der Waals surface area contributed by atoms with Gasteiger partial charge in [0, 0.05) is 24.6 Å². The molecular weight excluding hydrogens is 246 g/mol. The lowest BCUT2D eigenvalue weighted by molar-refractivity contribution is 0.917. The van der Waals surface area contributed by atoms with Gasteiger partial charge in [0.15, 0.2) is 5.16 Å². The second-order valence-corrected chi connectivity index (χ2v) is 4.72. The monoisotopic (exact) mass is 261 g/mol. The van der Waals surface area contributed by atoms with E-state index in [1.165, 1.54) is 11.8 Å². The van der Waals surface area contributed by atoms with Crippen LogP contribution >= 0.6 is 11.8 Å². The van der Waals surface area contributed by atoms with Gasteiger partial charge in [-0.15, -0.1) is 0 Å². The van der Waals surface area contributed by atoms with Crippen LogP contribution in [-0.2, 0) is 0 Å². The average molecular weight is 261 g/mol. The van der Waals surface area contributed by atoms with Gasteiger partial charge >= 0.3 is 0 Å². The molecule has 0 saturated heterocycles. The molecule has 0 radical (unpaired) electrons. The number of hydrogen-bond acceptors (Lipinski definition) is 6. The molecule has 0 unspecified atom stereocenters. The Balaban J connectivity index is 2.15. The Morgan fingerprint density at radius 3 is 2.72 bits per heavy atom. The van der Waals surface area contributed by atoms with Gasteiger partial charge in [0.05, 0.1) is 0 Å². The molecule has 0 spiro atoms. The zero-order valence-electron chi connectivity index (χ0n) is 10.4. The van der Waals surface area contributed by atoms with Gasteiger partial charge in [-0.2, -0.15) is 0 Å². The molecule has 0 aliphatic heterocycles. The third kappa shape index (κ3) is 3.66. The zero-order chi connectivity index (χ0) is 12.8. The molecule has 2 aromatic rings. The maximum atomic E-state index is 4.43. The van der Waals surface area contributed by atoms with Gasteiger partial charge in [-0.25, -0.2) is 19.9 Å². The molecular formula is C12H15N5S. The van der Waals surface area contributed by atoms with Crippen molar-refractivity contribution in [3.63, 3.8) is 0 Å². The van der Waals surface area contributed by atoms with Crippen molar-refractivity contribution in [1.29, 1.82) is 0 Å². The van der Waals surface area contributed by atoms with Crippen LogP contribution in [0.3, 0.4) is 0 Å². The summed E-state index contributed by atoms with van der Waals surface area (Å²) in [7, 11) is 0. The molecule has 0 saturated carbocycles. The molecule has 1 N–H and O–H groups in total. The van der Waals surface area contributed by atoms with Crippen molar-refractivity contribution in [2.75, 3.05) is 11.9 Å². The second kappa shape index (κ2) is 6.30. The van der Waals surface area contributed by atoms with Gasteiger partial charge in [-0.1, -0.05) is 6.92 Å². The summed E-state index contributed by atoms with van der Waals surface area (Å²) in [5.74, 6) is 0.662.